The Morgan fingerprint density at radius 3 is 2.61 bits per heavy atom. The summed E-state index contributed by atoms with van der Waals surface area (Å²) in [6.45, 7) is 6.66. The van der Waals surface area contributed by atoms with E-state index in [1.165, 1.54) is 61.9 Å². The van der Waals surface area contributed by atoms with E-state index in [9.17, 15) is 4.79 Å². The van der Waals surface area contributed by atoms with E-state index in [0.717, 1.165) is 12.8 Å². The molecule has 2 aliphatic rings. The molecule has 0 N–H and O–H groups in total. The molecule has 2 fully saturated rings. The van der Waals surface area contributed by atoms with Crippen molar-refractivity contribution in [1.82, 2.24) is 4.90 Å². The van der Waals surface area contributed by atoms with Crippen molar-refractivity contribution in [3.05, 3.63) is 28.3 Å². The second-order valence-electron chi connectivity index (χ2n) is 7.26. The molecule has 2 bridgehead atoms. The molecular formula is C19H26NO2Sn. The van der Waals surface area contributed by atoms with Crippen molar-refractivity contribution in [3.8, 4) is 0 Å². The fourth-order valence-corrected chi connectivity index (χ4v) is 5.48. The number of hydrogen-bond acceptors (Lipinski definition) is 3. The van der Waals surface area contributed by atoms with Crippen molar-refractivity contribution in [2.75, 3.05) is 14.2 Å². The Kier molecular flexibility index (Phi) is 4.80. The fraction of sp³-hybridized carbons (Fsp3) is 0.632. The van der Waals surface area contributed by atoms with Crippen LogP contribution in [0.3, 0.4) is 0 Å². The molecule has 0 amide bonds. The molecule has 3 nitrogen and oxygen atoms in total. The summed E-state index contributed by atoms with van der Waals surface area (Å²) in [5.74, 6) is 0.232. The first-order valence-electron chi connectivity index (χ1n) is 8.48. The number of nitrogens with zero attached hydrogens (tertiary/aromatic N) is 1. The topological polar surface area (TPSA) is 29.5 Å². The predicted octanol–water partition coefficient (Wildman–Crippen LogP) is 2.14. The quantitative estimate of drug-likeness (QED) is 0.544. The molecule has 0 spiro atoms. The number of ether oxygens (including phenoxy) is 1. The summed E-state index contributed by atoms with van der Waals surface area (Å²) in [6, 6.07) is 3.29. The number of esters is 1. The van der Waals surface area contributed by atoms with Crippen LogP contribution in [0.1, 0.15) is 47.4 Å². The van der Waals surface area contributed by atoms with Crippen LogP contribution in [-0.2, 0) is 9.53 Å². The van der Waals surface area contributed by atoms with Crippen molar-refractivity contribution in [3.63, 3.8) is 0 Å². The summed E-state index contributed by atoms with van der Waals surface area (Å²) in [4.78, 5) is 15.0. The van der Waals surface area contributed by atoms with Gasteiger partial charge in [0, 0.05) is 0 Å². The van der Waals surface area contributed by atoms with E-state index >= 15 is 0 Å². The van der Waals surface area contributed by atoms with Gasteiger partial charge in [0.2, 0.25) is 0 Å². The average molecular weight is 419 g/mol. The minimum atomic E-state index is -0.0337. The number of hydrogen-bond donors (Lipinski definition) is 0. The summed E-state index contributed by atoms with van der Waals surface area (Å²) in [7, 11) is 3.71. The maximum absolute atomic E-state index is 12.6. The van der Waals surface area contributed by atoms with E-state index in [1.54, 1.807) is 0 Å². The third-order valence-corrected chi connectivity index (χ3v) is 8.47. The number of benzene rings is 1. The molecular weight excluding hydrogens is 393 g/mol. The first-order chi connectivity index (χ1) is 10.9. The molecule has 1 aromatic rings. The minimum absolute atomic E-state index is 0.0307. The molecule has 2 saturated heterocycles. The third-order valence-electron chi connectivity index (χ3n) is 6.28. The Hall–Kier alpha value is -0.551. The van der Waals surface area contributed by atoms with Gasteiger partial charge in [0.25, 0.3) is 0 Å². The zero-order valence-electron chi connectivity index (χ0n) is 14.8. The predicted molar refractivity (Wildman–Crippen MR) is 93.5 cm³/mol. The van der Waals surface area contributed by atoms with Crippen molar-refractivity contribution >= 4 is 32.1 Å². The molecule has 4 heteroatoms. The second kappa shape index (κ2) is 6.40. The molecule has 4 unspecified atom stereocenters. The molecule has 3 rings (SSSR count). The van der Waals surface area contributed by atoms with Gasteiger partial charge >= 0.3 is 153 Å². The normalized spacial score (nSPS) is 30.5. The fourth-order valence-electron chi connectivity index (χ4n) is 4.74. The molecule has 23 heavy (non-hydrogen) atoms. The van der Waals surface area contributed by atoms with Gasteiger partial charge in [0.1, 0.15) is 0 Å². The van der Waals surface area contributed by atoms with Gasteiger partial charge in [-0.3, -0.25) is 0 Å². The SMILES string of the molecule is COC(=O)C1C(c2cc(C)[c]([Sn])c(C)c2C)CC2CCC1N2C. The summed E-state index contributed by atoms with van der Waals surface area (Å²) < 4.78 is 6.67. The van der Waals surface area contributed by atoms with Gasteiger partial charge in [-0.05, 0) is 0 Å². The average Bonchev–Trinajstić information content (AvgIpc) is 2.77. The van der Waals surface area contributed by atoms with Gasteiger partial charge < -0.3 is 0 Å². The van der Waals surface area contributed by atoms with Crippen LogP contribution in [0.25, 0.3) is 0 Å². The first-order valence-corrected chi connectivity index (χ1v) is 9.91. The Balaban J connectivity index is 2.09. The van der Waals surface area contributed by atoms with Gasteiger partial charge in [-0.2, -0.15) is 0 Å². The zero-order chi connectivity index (χ0) is 16.9. The third kappa shape index (κ3) is 2.74. The van der Waals surface area contributed by atoms with Crippen LogP contribution in [-0.4, -0.2) is 59.6 Å². The van der Waals surface area contributed by atoms with Gasteiger partial charge in [0.05, 0.1) is 0 Å². The van der Waals surface area contributed by atoms with Gasteiger partial charge in [-0.1, -0.05) is 0 Å². The summed E-state index contributed by atoms with van der Waals surface area (Å²) >= 11 is 1.47. The number of carbonyl (C=O) groups excluding carboxylic acids is 1. The van der Waals surface area contributed by atoms with E-state index in [4.69, 9.17) is 4.74 Å². The van der Waals surface area contributed by atoms with Crippen LogP contribution in [0.15, 0.2) is 6.07 Å². The molecule has 0 saturated carbocycles. The van der Waals surface area contributed by atoms with Crippen LogP contribution in [0.2, 0.25) is 0 Å². The van der Waals surface area contributed by atoms with Crippen molar-refractivity contribution in [1.29, 1.82) is 0 Å². The van der Waals surface area contributed by atoms with Gasteiger partial charge in [0.15, 0.2) is 0 Å². The molecule has 3 radical (unpaired) electrons. The molecule has 4 atom stereocenters. The Morgan fingerprint density at radius 2 is 1.96 bits per heavy atom. The first kappa shape index (κ1) is 17.3. The van der Waals surface area contributed by atoms with Crippen LogP contribution in [0.5, 0.6) is 0 Å². The van der Waals surface area contributed by atoms with Crippen molar-refractivity contribution < 1.29 is 9.53 Å². The number of carbonyl (C=O) groups is 1. The van der Waals surface area contributed by atoms with E-state index < -0.39 is 0 Å². The van der Waals surface area contributed by atoms with E-state index in [2.05, 4.69) is 38.8 Å². The summed E-state index contributed by atoms with van der Waals surface area (Å²) in [6.07, 6.45) is 3.40. The Morgan fingerprint density at radius 1 is 1.26 bits per heavy atom. The van der Waals surface area contributed by atoms with Crippen molar-refractivity contribution in [2.24, 2.45) is 5.92 Å². The van der Waals surface area contributed by atoms with Crippen molar-refractivity contribution in [2.45, 2.75) is 58.0 Å². The zero-order valence-corrected chi connectivity index (χ0v) is 17.6. The standard InChI is InChI=1S/C19H26NO2.Sn/c1-11-8-12(2)13(3)15(9-11)16-10-14-6-7-17(20(14)4)18(16)19(21)22-5;/h9,14,16-18H,6-7,10H2,1-5H3;. The van der Waals surface area contributed by atoms with E-state index in [1.807, 2.05) is 0 Å². The molecule has 2 aliphatic heterocycles. The van der Waals surface area contributed by atoms with Gasteiger partial charge in [-0.15, -0.1) is 0 Å². The molecule has 0 aromatic heterocycles. The number of aryl methyl sites for hydroxylation is 1. The summed E-state index contributed by atoms with van der Waals surface area (Å²) in [5, 5.41) is 0. The summed E-state index contributed by atoms with van der Waals surface area (Å²) in [5.41, 5.74) is 5.54. The van der Waals surface area contributed by atoms with E-state index in [-0.39, 0.29) is 11.9 Å². The Bertz CT molecular complexity index is 643. The number of fused-ring (bicyclic) bond motifs is 2. The van der Waals surface area contributed by atoms with Crippen LogP contribution in [0.4, 0.5) is 0 Å². The molecule has 2 heterocycles. The second-order valence-corrected chi connectivity index (χ2v) is 8.69. The maximum atomic E-state index is 12.6. The Labute approximate surface area is 152 Å². The molecule has 123 valence electrons. The number of methoxy groups -OCH3 is 1. The molecule has 0 aliphatic carbocycles. The van der Waals surface area contributed by atoms with E-state index in [0.29, 0.717) is 18.0 Å². The van der Waals surface area contributed by atoms with Crippen LogP contribution >= 0.6 is 0 Å². The monoisotopic (exact) mass is 420 g/mol. The van der Waals surface area contributed by atoms with Crippen LogP contribution < -0.4 is 3.58 Å². The van der Waals surface area contributed by atoms with Crippen LogP contribution in [0, 0.1) is 26.7 Å². The molecule has 1 aromatic carbocycles. The van der Waals surface area contributed by atoms with Gasteiger partial charge in [-0.25, -0.2) is 0 Å². The number of piperidine rings is 1. The number of rotatable bonds is 2.